The van der Waals surface area contributed by atoms with Gasteiger partial charge in [0, 0.05) is 11.8 Å². The van der Waals surface area contributed by atoms with Gasteiger partial charge in [0.1, 0.15) is 11.4 Å². The predicted octanol–water partition coefficient (Wildman–Crippen LogP) is 2.63. The SMILES string of the molecule is CC(C)(C)OC(=O)Nc1ccc(CCCN)c(O)c1. The second-order valence-corrected chi connectivity index (χ2v) is 5.36. The fourth-order valence-electron chi connectivity index (χ4n) is 1.57. The number of carbonyl (C=O) groups excluding carboxylic acids is 1. The molecule has 5 heteroatoms. The summed E-state index contributed by atoms with van der Waals surface area (Å²) in [5.41, 5.74) is 6.20. The van der Waals surface area contributed by atoms with E-state index in [1.54, 1.807) is 32.9 Å². The smallest absolute Gasteiger partial charge is 0.412 e. The van der Waals surface area contributed by atoms with Gasteiger partial charge < -0.3 is 15.6 Å². The maximum Gasteiger partial charge on any atom is 0.412 e. The molecule has 0 saturated heterocycles. The van der Waals surface area contributed by atoms with Gasteiger partial charge >= 0.3 is 6.09 Å². The molecule has 0 bridgehead atoms. The largest absolute Gasteiger partial charge is 0.508 e. The minimum atomic E-state index is -0.548. The normalized spacial score (nSPS) is 11.2. The second kappa shape index (κ2) is 6.43. The molecule has 0 aromatic heterocycles. The Bertz CT molecular complexity index is 439. The van der Waals surface area contributed by atoms with Gasteiger partial charge in [-0.05, 0) is 51.8 Å². The van der Waals surface area contributed by atoms with Gasteiger partial charge in [-0.3, -0.25) is 5.32 Å². The Morgan fingerprint density at radius 2 is 2.11 bits per heavy atom. The van der Waals surface area contributed by atoms with E-state index in [-0.39, 0.29) is 5.75 Å². The summed E-state index contributed by atoms with van der Waals surface area (Å²) in [7, 11) is 0. The molecule has 0 spiro atoms. The molecule has 0 heterocycles. The quantitative estimate of drug-likeness (QED) is 0.782. The molecule has 0 radical (unpaired) electrons. The first-order valence-electron chi connectivity index (χ1n) is 6.34. The van der Waals surface area contributed by atoms with Crippen molar-refractivity contribution in [2.75, 3.05) is 11.9 Å². The van der Waals surface area contributed by atoms with Crippen LogP contribution in [0.3, 0.4) is 0 Å². The van der Waals surface area contributed by atoms with Gasteiger partial charge in [-0.25, -0.2) is 4.79 Å². The van der Waals surface area contributed by atoms with Gasteiger partial charge in [0.25, 0.3) is 0 Å². The number of hydrogen-bond acceptors (Lipinski definition) is 4. The molecule has 4 N–H and O–H groups in total. The summed E-state index contributed by atoms with van der Waals surface area (Å²) in [4.78, 5) is 11.6. The first-order chi connectivity index (χ1) is 8.81. The molecule has 0 unspecified atom stereocenters. The molecule has 0 aliphatic heterocycles. The molecule has 19 heavy (non-hydrogen) atoms. The van der Waals surface area contributed by atoms with Crippen LogP contribution in [0.1, 0.15) is 32.8 Å². The molecular formula is C14H22N2O3. The lowest BCUT2D eigenvalue weighted by molar-refractivity contribution is 0.0636. The van der Waals surface area contributed by atoms with Gasteiger partial charge in [-0.2, -0.15) is 0 Å². The number of nitrogens with two attached hydrogens (primary N) is 1. The lowest BCUT2D eigenvalue weighted by atomic mass is 10.1. The summed E-state index contributed by atoms with van der Waals surface area (Å²) < 4.78 is 5.13. The topological polar surface area (TPSA) is 84.6 Å². The van der Waals surface area contributed by atoms with E-state index in [0.717, 1.165) is 18.4 Å². The van der Waals surface area contributed by atoms with Crippen LogP contribution in [-0.4, -0.2) is 23.3 Å². The van der Waals surface area contributed by atoms with Crippen molar-refractivity contribution in [2.45, 2.75) is 39.2 Å². The number of benzene rings is 1. The molecule has 0 aliphatic carbocycles. The summed E-state index contributed by atoms with van der Waals surface area (Å²) in [5.74, 6) is 0.155. The number of aryl methyl sites for hydroxylation is 1. The van der Waals surface area contributed by atoms with Gasteiger partial charge in [0.2, 0.25) is 0 Å². The Morgan fingerprint density at radius 3 is 2.63 bits per heavy atom. The lowest BCUT2D eigenvalue weighted by Gasteiger charge is -2.19. The Balaban J connectivity index is 2.65. The summed E-state index contributed by atoms with van der Waals surface area (Å²) in [6, 6.07) is 5.02. The monoisotopic (exact) mass is 266 g/mol. The van der Waals surface area contributed by atoms with Crippen LogP contribution in [0.4, 0.5) is 10.5 Å². The van der Waals surface area contributed by atoms with E-state index < -0.39 is 11.7 Å². The minimum absolute atomic E-state index is 0.155. The van der Waals surface area contributed by atoms with Crippen molar-refractivity contribution in [3.05, 3.63) is 23.8 Å². The standard InChI is InChI=1S/C14H22N2O3/c1-14(2,3)19-13(18)16-11-7-6-10(5-4-8-15)12(17)9-11/h6-7,9,17H,4-5,8,15H2,1-3H3,(H,16,18). The van der Waals surface area contributed by atoms with E-state index in [1.807, 2.05) is 0 Å². The van der Waals surface area contributed by atoms with Crippen molar-refractivity contribution >= 4 is 11.8 Å². The minimum Gasteiger partial charge on any atom is -0.508 e. The molecule has 106 valence electrons. The molecular weight excluding hydrogens is 244 g/mol. The molecule has 0 fully saturated rings. The molecule has 0 saturated carbocycles. The third kappa shape index (κ3) is 5.61. The summed E-state index contributed by atoms with van der Waals surface area (Å²) in [6.45, 7) is 5.96. The van der Waals surface area contributed by atoms with Crippen LogP contribution in [0.5, 0.6) is 5.75 Å². The highest BCUT2D eigenvalue weighted by Gasteiger charge is 2.16. The maximum atomic E-state index is 11.6. The van der Waals surface area contributed by atoms with Crippen molar-refractivity contribution in [3.63, 3.8) is 0 Å². The van der Waals surface area contributed by atoms with Crippen molar-refractivity contribution in [1.82, 2.24) is 0 Å². The second-order valence-electron chi connectivity index (χ2n) is 5.36. The number of carbonyl (C=O) groups is 1. The average Bonchev–Trinajstić information content (AvgIpc) is 2.25. The van der Waals surface area contributed by atoms with Crippen LogP contribution < -0.4 is 11.1 Å². The van der Waals surface area contributed by atoms with Crippen LogP contribution >= 0.6 is 0 Å². The zero-order chi connectivity index (χ0) is 14.5. The Kier molecular flexibility index (Phi) is 5.18. The summed E-state index contributed by atoms with van der Waals surface area (Å²) >= 11 is 0. The van der Waals surface area contributed by atoms with E-state index in [4.69, 9.17) is 10.5 Å². The van der Waals surface area contributed by atoms with Crippen LogP contribution in [-0.2, 0) is 11.2 Å². The van der Waals surface area contributed by atoms with Crippen molar-refractivity contribution in [3.8, 4) is 5.75 Å². The number of aromatic hydroxyl groups is 1. The van der Waals surface area contributed by atoms with Gasteiger partial charge in [-0.1, -0.05) is 6.07 Å². The van der Waals surface area contributed by atoms with Gasteiger partial charge in [0.15, 0.2) is 0 Å². The summed E-state index contributed by atoms with van der Waals surface area (Å²) in [6.07, 6.45) is 0.989. The molecule has 0 atom stereocenters. The number of hydrogen-bond donors (Lipinski definition) is 3. The third-order valence-electron chi connectivity index (χ3n) is 2.38. The van der Waals surface area contributed by atoms with Crippen molar-refractivity contribution in [2.24, 2.45) is 5.73 Å². The van der Waals surface area contributed by atoms with Gasteiger partial charge in [0.05, 0.1) is 0 Å². The number of phenols is 1. The average molecular weight is 266 g/mol. The maximum absolute atomic E-state index is 11.6. The van der Waals surface area contributed by atoms with Crippen molar-refractivity contribution in [1.29, 1.82) is 0 Å². The van der Waals surface area contributed by atoms with E-state index in [9.17, 15) is 9.90 Å². The first kappa shape index (κ1) is 15.3. The predicted molar refractivity (Wildman–Crippen MR) is 75.3 cm³/mol. The number of phenolic OH excluding ortho intramolecular Hbond substituents is 1. The van der Waals surface area contributed by atoms with Crippen molar-refractivity contribution < 1.29 is 14.6 Å². The highest BCUT2D eigenvalue weighted by Crippen LogP contribution is 2.23. The molecule has 1 aromatic carbocycles. The molecule has 1 rings (SSSR count). The molecule has 1 amide bonds. The Hall–Kier alpha value is -1.75. The van der Waals surface area contributed by atoms with Crippen LogP contribution in [0, 0.1) is 0 Å². The Morgan fingerprint density at radius 1 is 1.42 bits per heavy atom. The number of nitrogens with one attached hydrogen (secondary N) is 1. The fourth-order valence-corrected chi connectivity index (χ4v) is 1.57. The van der Waals surface area contributed by atoms with Crippen LogP contribution in [0.2, 0.25) is 0 Å². The van der Waals surface area contributed by atoms with Crippen LogP contribution in [0.25, 0.3) is 0 Å². The summed E-state index contributed by atoms with van der Waals surface area (Å²) in [5, 5.41) is 12.4. The first-order valence-corrected chi connectivity index (χ1v) is 6.34. The molecule has 5 nitrogen and oxygen atoms in total. The zero-order valence-corrected chi connectivity index (χ0v) is 11.7. The zero-order valence-electron chi connectivity index (χ0n) is 11.7. The third-order valence-corrected chi connectivity index (χ3v) is 2.38. The highest BCUT2D eigenvalue weighted by molar-refractivity contribution is 5.85. The molecule has 0 aliphatic rings. The fraction of sp³-hybridized carbons (Fsp3) is 0.500. The molecule has 1 aromatic rings. The lowest BCUT2D eigenvalue weighted by Crippen LogP contribution is -2.27. The number of amides is 1. The van der Waals surface area contributed by atoms with Crippen LogP contribution in [0.15, 0.2) is 18.2 Å². The number of rotatable bonds is 4. The van der Waals surface area contributed by atoms with Gasteiger partial charge in [-0.15, -0.1) is 0 Å². The highest BCUT2D eigenvalue weighted by atomic mass is 16.6. The number of ether oxygens (including phenoxy) is 1. The van der Waals surface area contributed by atoms with E-state index in [0.29, 0.717) is 12.2 Å². The van der Waals surface area contributed by atoms with E-state index >= 15 is 0 Å². The van der Waals surface area contributed by atoms with E-state index in [2.05, 4.69) is 5.32 Å². The number of anilines is 1. The Labute approximate surface area is 113 Å². The van der Waals surface area contributed by atoms with E-state index in [1.165, 1.54) is 6.07 Å².